The predicted octanol–water partition coefficient (Wildman–Crippen LogP) is 3.07. The summed E-state index contributed by atoms with van der Waals surface area (Å²) in [5, 5.41) is 4.61. The van der Waals surface area contributed by atoms with Gasteiger partial charge < -0.3 is 18.9 Å². The highest BCUT2D eigenvalue weighted by atomic mass is 35.5. The van der Waals surface area contributed by atoms with E-state index in [2.05, 4.69) is 15.1 Å². The van der Waals surface area contributed by atoms with E-state index in [1.54, 1.807) is 35.4 Å². The van der Waals surface area contributed by atoms with Gasteiger partial charge in [-0.25, -0.2) is 0 Å². The second kappa shape index (κ2) is 8.59. The number of morpholine rings is 1. The maximum Gasteiger partial charge on any atom is 0.260 e. The number of ether oxygens (including phenoxy) is 2. The smallest absolute Gasteiger partial charge is 0.260 e. The van der Waals surface area contributed by atoms with E-state index in [9.17, 15) is 4.79 Å². The summed E-state index contributed by atoms with van der Waals surface area (Å²) in [6.45, 7) is 2.97. The van der Waals surface area contributed by atoms with Crippen LogP contribution in [0.1, 0.15) is 17.6 Å². The van der Waals surface area contributed by atoms with Crippen LogP contribution in [0, 0.1) is 6.92 Å². The fourth-order valence-electron chi connectivity index (χ4n) is 2.93. The number of amides is 1. The van der Waals surface area contributed by atoms with Crippen molar-refractivity contribution in [3.8, 4) is 17.3 Å². The molecule has 0 spiro atoms. The van der Waals surface area contributed by atoms with Gasteiger partial charge in [-0.2, -0.15) is 4.98 Å². The number of benzene rings is 1. The van der Waals surface area contributed by atoms with Crippen LogP contribution in [0.5, 0.6) is 5.75 Å². The highest BCUT2D eigenvalue weighted by Crippen LogP contribution is 2.24. The normalized spacial score (nSPS) is 16.6. The average Bonchev–Trinajstić information content (AvgIpc) is 3.25. The number of hydrogen-bond donors (Lipinski definition) is 0. The quantitative estimate of drug-likeness (QED) is 0.633. The summed E-state index contributed by atoms with van der Waals surface area (Å²) in [5.41, 5.74) is 1.50. The zero-order valence-electron chi connectivity index (χ0n) is 15.7. The number of halogens is 1. The molecule has 1 amide bonds. The Morgan fingerprint density at radius 3 is 3.03 bits per heavy atom. The van der Waals surface area contributed by atoms with Crippen molar-refractivity contribution in [3.63, 3.8) is 0 Å². The highest BCUT2D eigenvalue weighted by molar-refractivity contribution is 6.31. The SMILES string of the molecule is Cc1cc(OCC(=O)N2CCOC(c3nc(-c4ccccn4)no3)C2)ccc1Cl. The molecule has 3 aromatic rings. The molecule has 1 atom stereocenters. The minimum absolute atomic E-state index is 0.0726. The molecule has 2 aromatic heterocycles. The Balaban J connectivity index is 1.37. The third-order valence-electron chi connectivity index (χ3n) is 4.52. The van der Waals surface area contributed by atoms with E-state index in [-0.39, 0.29) is 12.5 Å². The van der Waals surface area contributed by atoms with Gasteiger partial charge in [-0.1, -0.05) is 22.8 Å². The number of carbonyl (C=O) groups is 1. The van der Waals surface area contributed by atoms with E-state index in [0.717, 1.165) is 5.56 Å². The molecule has 9 heteroatoms. The fourth-order valence-corrected chi connectivity index (χ4v) is 3.05. The molecule has 1 saturated heterocycles. The van der Waals surface area contributed by atoms with Crippen LogP contribution < -0.4 is 4.74 Å². The van der Waals surface area contributed by atoms with Gasteiger partial charge in [0.05, 0.1) is 13.2 Å². The van der Waals surface area contributed by atoms with E-state index in [0.29, 0.717) is 47.9 Å². The number of rotatable bonds is 5. The molecule has 3 heterocycles. The maximum absolute atomic E-state index is 12.6. The minimum atomic E-state index is -0.490. The van der Waals surface area contributed by atoms with E-state index < -0.39 is 6.10 Å². The number of aromatic nitrogens is 3. The molecular formula is C20H19ClN4O4. The Bertz CT molecular complexity index is 995. The standard InChI is InChI=1S/C20H19ClN4O4/c1-13-10-14(5-6-15(13)21)28-12-18(26)25-8-9-27-17(11-25)20-23-19(24-29-20)16-4-2-3-7-22-16/h2-7,10,17H,8-9,11-12H2,1H3. The minimum Gasteiger partial charge on any atom is -0.484 e. The zero-order valence-corrected chi connectivity index (χ0v) is 16.5. The van der Waals surface area contributed by atoms with Crippen molar-refractivity contribution in [1.82, 2.24) is 20.0 Å². The lowest BCUT2D eigenvalue weighted by Crippen LogP contribution is -2.44. The van der Waals surface area contributed by atoms with Crippen molar-refractivity contribution < 1.29 is 18.8 Å². The van der Waals surface area contributed by atoms with Gasteiger partial charge in [0.1, 0.15) is 11.4 Å². The van der Waals surface area contributed by atoms with E-state index in [1.165, 1.54) is 0 Å². The molecule has 0 N–H and O–H groups in total. The molecule has 1 fully saturated rings. The lowest BCUT2D eigenvalue weighted by atomic mass is 10.2. The lowest BCUT2D eigenvalue weighted by Gasteiger charge is -2.31. The number of aryl methyl sites for hydroxylation is 1. The molecule has 0 aliphatic carbocycles. The predicted molar refractivity (Wildman–Crippen MR) is 104 cm³/mol. The molecule has 1 aliphatic rings. The molecule has 1 aliphatic heterocycles. The maximum atomic E-state index is 12.6. The van der Waals surface area contributed by atoms with Gasteiger partial charge in [-0.05, 0) is 42.8 Å². The van der Waals surface area contributed by atoms with E-state index in [4.69, 9.17) is 25.6 Å². The topological polar surface area (TPSA) is 90.6 Å². The molecule has 1 aromatic carbocycles. The van der Waals surface area contributed by atoms with Crippen LogP contribution in [0.4, 0.5) is 0 Å². The van der Waals surface area contributed by atoms with Crippen molar-refractivity contribution in [2.45, 2.75) is 13.0 Å². The van der Waals surface area contributed by atoms with Gasteiger partial charge in [-0.15, -0.1) is 0 Å². The Labute approximate surface area is 172 Å². The van der Waals surface area contributed by atoms with Crippen LogP contribution in [0.3, 0.4) is 0 Å². The summed E-state index contributed by atoms with van der Waals surface area (Å²) >= 11 is 6.01. The fraction of sp³-hybridized carbons (Fsp3) is 0.300. The Kier molecular flexibility index (Phi) is 5.73. The third kappa shape index (κ3) is 4.55. The van der Waals surface area contributed by atoms with Gasteiger partial charge in [0.25, 0.3) is 11.8 Å². The van der Waals surface area contributed by atoms with Crippen LogP contribution >= 0.6 is 11.6 Å². The van der Waals surface area contributed by atoms with Gasteiger partial charge in [0.2, 0.25) is 5.82 Å². The Morgan fingerprint density at radius 1 is 1.34 bits per heavy atom. The van der Waals surface area contributed by atoms with E-state index >= 15 is 0 Å². The molecule has 0 radical (unpaired) electrons. The molecule has 4 rings (SSSR count). The summed E-state index contributed by atoms with van der Waals surface area (Å²) in [5.74, 6) is 1.16. The largest absolute Gasteiger partial charge is 0.484 e. The van der Waals surface area contributed by atoms with Crippen LogP contribution in [0.15, 0.2) is 47.1 Å². The second-order valence-corrected chi connectivity index (χ2v) is 6.98. The number of nitrogens with zero attached hydrogens (tertiary/aromatic N) is 4. The first-order chi connectivity index (χ1) is 14.1. The first kappa shape index (κ1) is 19.4. The lowest BCUT2D eigenvalue weighted by molar-refractivity contribution is -0.142. The molecule has 0 saturated carbocycles. The van der Waals surface area contributed by atoms with Crippen LogP contribution in [0.25, 0.3) is 11.5 Å². The average molecular weight is 415 g/mol. The molecular weight excluding hydrogens is 396 g/mol. The second-order valence-electron chi connectivity index (χ2n) is 6.57. The number of hydrogen-bond acceptors (Lipinski definition) is 7. The molecule has 1 unspecified atom stereocenters. The van der Waals surface area contributed by atoms with Crippen molar-refractivity contribution >= 4 is 17.5 Å². The van der Waals surface area contributed by atoms with Crippen LogP contribution in [-0.4, -0.2) is 52.2 Å². The van der Waals surface area contributed by atoms with Gasteiger partial charge in [0.15, 0.2) is 12.7 Å². The Hall–Kier alpha value is -2.97. The monoisotopic (exact) mass is 414 g/mol. The van der Waals surface area contributed by atoms with Crippen LogP contribution in [0.2, 0.25) is 5.02 Å². The van der Waals surface area contributed by atoms with E-state index in [1.807, 2.05) is 19.1 Å². The molecule has 8 nitrogen and oxygen atoms in total. The van der Waals surface area contributed by atoms with Gasteiger partial charge in [-0.3, -0.25) is 9.78 Å². The summed E-state index contributed by atoms with van der Waals surface area (Å²) in [6, 6.07) is 10.7. The molecule has 150 valence electrons. The summed E-state index contributed by atoms with van der Waals surface area (Å²) in [7, 11) is 0. The van der Waals surface area contributed by atoms with Crippen molar-refractivity contribution in [1.29, 1.82) is 0 Å². The number of carbonyl (C=O) groups excluding carboxylic acids is 1. The summed E-state index contributed by atoms with van der Waals surface area (Å²) in [6.07, 6.45) is 1.17. The van der Waals surface area contributed by atoms with Gasteiger partial charge >= 0.3 is 0 Å². The van der Waals surface area contributed by atoms with Crippen molar-refractivity contribution in [3.05, 3.63) is 59.1 Å². The van der Waals surface area contributed by atoms with Crippen molar-refractivity contribution in [2.24, 2.45) is 0 Å². The zero-order chi connectivity index (χ0) is 20.2. The molecule has 0 bridgehead atoms. The van der Waals surface area contributed by atoms with Crippen LogP contribution in [-0.2, 0) is 9.53 Å². The first-order valence-corrected chi connectivity index (χ1v) is 9.51. The van der Waals surface area contributed by atoms with Gasteiger partial charge in [0, 0.05) is 17.8 Å². The third-order valence-corrected chi connectivity index (χ3v) is 4.95. The molecule has 29 heavy (non-hydrogen) atoms. The van der Waals surface area contributed by atoms with Crippen molar-refractivity contribution in [2.75, 3.05) is 26.3 Å². The Morgan fingerprint density at radius 2 is 2.24 bits per heavy atom. The summed E-state index contributed by atoms with van der Waals surface area (Å²) < 4.78 is 16.7. The highest BCUT2D eigenvalue weighted by Gasteiger charge is 2.29. The summed E-state index contributed by atoms with van der Waals surface area (Å²) in [4.78, 5) is 22.8. The first-order valence-electron chi connectivity index (χ1n) is 9.13. The number of pyridine rings is 1.